The molecule has 2 aliphatic heterocycles. The van der Waals surface area contributed by atoms with Gasteiger partial charge in [-0.15, -0.1) is 0 Å². The fourth-order valence-corrected chi connectivity index (χ4v) is 4.65. The van der Waals surface area contributed by atoms with Gasteiger partial charge in [0.15, 0.2) is 17.6 Å². The number of carbonyl (C=O) groups excluding carboxylic acids is 2. The van der Waals surface area contributed by atoms with Crippen LogP contribution in [-0.4, -0.2) is 37.1 Å². The summed E-state index contributed by atoms with van der Waals surface area (Å²) in [6, 6.07) is 15.1. The molecule has 2 fully saturated rings. The molecule has 2 amide bonds. The molecule has 0 N–H and O–H groups in total. The minimum Gasteiger partial charge on any atom is -0.493 e. The first-order valence-electron chi connectivity index (χ1n) is 10.9. The summed E-state index contributed by atoms with van der Waals surface area (Å²) in [5.41, 5.74) is 0.450. The van der Waals surface area contributed by atoms with E-state index in [2.05, 4.69) is 0 Å². The molecule has 2 saturated heterocycles. The third-order valence-corrected chi connectivity index (χ3v) is 6.26. The summed E-state index contributed by atoms with van der Waals surface area (Å²) in [6.07, 6.45) is -1.25. The number of rotatable bonds is 6. The van der Waals surface area contributed by atoms with Crippen molar-refractivity contribution in [2.24, 2.45) is 5.92 Å². The van der Waals surface area contributed by atoms with Crippen LogP contribution in [0.2, 0.25) is 0 Å². The van der Waals surface area contributed by atoms with E-state index >= 15 is 0 Å². The minimum absolute atomic E-state index is 0.108. The van der Waals surface area contributed by atoms with Crippen LogP contribution in [0.25, 0.3) is 0 Å². The average Bonchev–Trinajstić information content (AvgIpc) is 3.40. The minimum atomic E-state index is -1.25. The predicted molar refractivity (Wildman–Crippen MR) is 125 cm³/mol. The van der Waals surface area contributed by atoms with Crippen molar-refractivity contribution in [2.75, 3.05) is 24.2 Å². The van der Waals surface area contributed by atoms with Gasteiger partial charge < -0.3 is 9.47 Å². The van der Waals surface area contributed by atoms with Crippen molar-refractivity contribution in [1.82, 2.24) is 0 Å². The summed E-state index contributed by atoms with van der Waals surface area (Å²) in [7, 11) is 2.74. The van der Waals surface area contributed by atoms with Crippen molar-refractivity contribution in [3.8, 4) is 11.5 Å². The summed E-state index contributed by atoms with van der Waals surface area (Å²) < 4.78 is 24.1. The largest absolute Gasteiger partial charge is 0.493 e. The normalized spacial score (nSPS) is 21.0. The van der Waals surface area contributed by atoms with Gasteiger partial charge in [-0.2, -0.15) is 0 Å². The Morgan fingerprint density at radius 3 is 2.17 bits per heavy atom. The number of para-hydroxylation sites is 1. The molecular weight excluding hydrogens is 473 g/mol. The van der Waals surface area contributed by atoms with Crippen LogP contribution >= 0.6 is 0 Å². The lowest BCUT2D eigenvalue weighted by Gasteiger charge is -2.29. The number of ether oxygens (including phenoxy) is 2. The molecular formula is C25H20FN3O7. The molecule has 5 rings (SSSR count). The Kier molecular flexibility index (Phi) is 5.77. The first-order valence-corrected chi connectivity index (χ1v) is 10.9. The molecule has 0 saturated carbocycles. The number of benzene rings is 3. The van der Waals surface area contributed by atoms with E-state index in [-0.39, 0.29) is 28.4 Å². The SMILES string of the molecule is COc1cc([C@@H]2[C@H]3C(=O)N(c4ccc(F)cc4)C(=O)[C@H]3ON2c2ccccc2)c([N+](=O)[O-])cc1OC. The van der Waals surface area contributed by atoms with Crippen molar-refractivity contribution < 1.29 is 33.2 Å². The Bertz CT molecular complexity index is 1350. The summed E-state index contributed by atoms with van der Waals surface area (Å²) in [4.78, 5) is 45.5. The van der Waals surface area contributed by atoms with Gasteiger partial charge in [0.25, 0.3) is 11.6 Å². The third kappa shape index (κ3) is 3.60. The second kappa shape index (κ2) is 8.93. The molecule has 0 aromatic heterocycles. The number of nitro benzene ring substituents is 1. The Hall–Kier alpha value is -4.51. The molecule has 2 heterocycles. The van der Waals surface area contributed by atoms with Crippen molar-refractivity contribution >= 4 is 28.9 Å². The smallest absolute Gasteiger partial charge is 0.278 e. The first kappa shape index (κ1) is 23.2. The summed E-state index contributed by atoms with van der Waals surface area (Å²) in [6.45, 7) is 0. The lowest BCUT2D eigenvalue weighted by atomic mass is 9.89. The lowest BCUT2D eigenvalue weighted by Crippen LogP contribution is -2.37. The van der Waals surface area contributed by atoms with Crippen molar-refractivity contribution in [3.63, 3.8) is 0 Å². The molecule has 36 heavy (non-hydrogen) atoms. The van der Waals surface area contributed by atoms with E-state index in [9.17, 15) is 24.1 Å². The van der Waals surface area contributed by atoms with Crippen LogP contribution in [-0.2, 0) is 14.4 Å². The monoisotopic (exact) mass is 493 g/mol. The number of nitro groups is 1. The average molecular weight is 493 g/mol. The van der Waals surface area contributed by atoms with E-state index in [4.69, 9.17) is 14.3 Å². The van der Waals surface area contributed by atoms with Gasteiger partial charge in [0.05, 0.1) is 42.1 Å². The number of methoxy groups -OCH3 is 2. The van der Waals surface area contributed by atoms with E-state index in [1.807, 2.05) is 0 Å². The van der Waals surface area contributed by atoms with Gasteiger partial charge in [0, 0.05) is 0 Å². The highest BCUT2D eigenvalue weighted by molar-refractivity contribution is 6.24. The van der Waals surface area contributed by atoms with E-state index < -0.39 is 40.6 Å². The first-order chi connectivity index (χ1) is 17.3. The zero-order chi connectivity index (χ0) is 25.6. The fraction of sp³-hybridized carbons (Fsp3) is 0.200. The van der Waals surface area contributed by atoms with Crippen LogP contribution in [0.1, 0.15) is 11.6 Å². The maximum absolute atomic E-state index is 13.7. The third-order valence-electron chi connectivity index (χ3n) is 6.26. The topological polar surface area (TPSA) is 111 Å². The number of nitrogens with zero attached hydrogens (tertiary/aromatic N) is 3. The zero-order valence-electron chi connectivity index (χ0n) is 19.2. The van der Waals surface area contributed by atoms with Gasteiger partial charge in [0.2, 0.25) is 5.91 Å². The van der Waals surface area contributed by atoms with Gasteiger partial charge in [-0.25, -0.2) is 14.4 Å². The molecule has 184 valence electrons. The Labute approximate surface area is 204 Å². The van der Waals surface area contributed by atoms with E-state index in [0.29, 0.717) is 5.69 Å². The van der Waals surface area contributed by atoms with Gasteiger partial charge in [-0.3, -0.25) is 24.5 Å². The van der Waals surface area contributed by atoms with Crippen LogP contribution < -0.4 is 19.4 Å². The molecule has 0 aliphatic carbocycles. The number of hydrogen-bond acceptors (Lipinski definition) is 8. The number of fused-ring (bicyclic) bond motifs is 1. The maximum Gasteiger partial charge on any atom is 0.278 e. The molecule has 3 atom stereocenters. The number of hydroxylamine groups is 1. The van der Waals surface area contributed by atoms with Crippen LogP contribution in [0.5, 0.6) is 11.5 Å². The molecule has 0 bridgehead atoms. The van der Waals surface area contributed by atoms with Crippen LogP contribution in [0.3, 0.4) is 0 Å². The van der Waals surface area contributed by atoms with Crippen LogP contribution in [0, 0.1) is 21.8 Å². The Morgan fingerprint density at radius 1 is 0.917 bits per heavy atom. The second-order valence-corrected chi connectivity index (χ2v) is 8.17. The van der Waals surface area contributed by atoms with Gasteiger partial charge in [-0.05, 0) is 42.5 Å². The van der Waals surface area contributed by atoms with Gasteiger partial charge in [-0.1, -0.05) is 18.2 Å². The number of anilines is 2. The number of halogens is 1. The Morgan fingerprint density at radius 2 is 1.56 bits per heavy atom. The molecule has 3 aromatic rings. The maximum atomic E-state index is 13.7. The number of hydrogen-bond donors (Lipinski definition) is 0. The van der Waals surface area contributed by atoms with E-state index in [0.717, 1.165) is 17.0 Å². The summed E-state index contributed by atoms with van der Waals surface area (Å²) in [5.74, 6) is -2.58. The van der Waals surface area contributed by atoms with Crippen LogP contribution in [0.15, 0.2) is 66.7 Å². The quantitative estimate of drug-likeness (QED) is 0.290. The number of carbonyl (C=O) groups is 2. The van der Waals surface area contributed by atoms with Crippen molar-refractivity contribution in [2.45, 2.75) is 12.1 Å². The molecule has 3 aromatic carbocycles. The van der Waals surface area contributed by atoms with Crippen LogP contribution in [0.4, 0.5) is 21.5 Å². The van der Waals surface area contributed by atoms with Crippen molar-refractivity contribution in [1.29, 1.82) is 0 Å². The van der Waals surface area contributed by atoms with E-state index in [1.54, 1.807) is 30.3 Å². The predicted octanol–water partition coefficient (Wildman–Crippen LogP) is 3.80. The molecule has 11 heteroatoms. The van der Waals surface area contributed by atoms with Crippen molar-refractivity contribution in [3.05, 3.63) is 88.2 Å². The molecule has 0 spiro atoms. The Balaban J connectivity index is 1.68. The molecule has 2 aliphatic rings. The number of imide groups is 1. The highest BCUT2D eigenvalue weighted by atomic mass is 19.1. The summed E-state index contributed by atoms with van der Waals surface area (Å²) >= 11 is 0. The number of amides is 2. The second-order valence-electron chi connectivity index (χ2n) is 8.17. The summed E-state index contributed by atoms with van der Waals surface area (Å²) in [5, 5.41) is 13.4. The highest BCUT2D eigenvalue weighted by Gasteiger charge is 2.61. The van der Waals surface area contributed by atoms with E-state index in [1.165, 1.54) is 43.5 Å². The lowest BCUT2D eigenvalue weighted by molar-refractivity contribution is -0.385. The van der Waals surface area contributed by atoms with Gasteiger partial charge in [0.1, 0.15) is 17.8 Å². The van der Waals surface area contributed by atoms with Gasteiger partial charge >= 0.3 is 0 Å². The highest BCUT2D eigenvalue weighted by Crippen LogP contribution is 2.51. The zero-order valence-corrected chi connectivity index (χ0v) is 19.2. The standard InChI is InChI=1S/C25H20FN3O7/c1-34-19-12-17(18(29(32)33)13-20(19)35-2)22-21-23(36-28(22)16-6-4-3-5-7-16)25(31)27(24(21)30)15-10-8-14(26)9-11-15/h3-13,21-23H,1-2H3/t21-,22-,23+/m1/s1. The molecule has 10 nitrogen and oxygen atoms in total. The molecule has 0 radical (unpaired) electrons. The fourth-order valence-electron chi connectivity index (χ4n) is 4.65. The molecule has 0 unspecified atom stereocenters.